The zero-order chi connectivity index (χ0) is 10.7. The number of nitro benzene ring substituents is 1. The van der Waals surface area contributed by atoms with Crippen LogP contribution in [0.4, 0.5) is 5.69 Å². The first-order chi connectivity index (χ1) is 6.57. The number of hydrogen-bond donors (Lipinski definition) is 1. The molecule has 0 spiro atoms. The molecule has 6 heteroatoms. The van der Waals surface area contributed by atoms with Crippen molar-refractivity contribution in [2.75, 3.05) is 0 Å². The molecule has 0 aliphatic carbocycles. The predicted molar refractivity (Wildman–Crippen MR) is 45.4 cm³/mol. The van der Waals surface area contributed by atoms with Gasteiger partial charge in [-0.1, -0.05) is 12.1 Å². The molecule has 0 aliphatic rings. The Hall–Kier alpha value is -2.24. The van der Waals surface area contributed by atoms with Crippen LogP contribution in [0.2, 0.25) is 0 Å². The first kappa shape index (κ1) is 9.85. The van der Waals surface area contributed by atoms with Crippen LogP contribution >= 0.6 is 0 Å². The molecule has 0 atom stereocenters. The predicted octanol–water partition coefficient (Wildman–Crippen LogP) is 1.11. The Balaban J connectivity index is 3.51. The van der Waals surface area contributed by atoms with Gasteiger partial charge in [0.2, 0.25) is 0 Å². The first-order valence-electron chi connectivity index (χ1n) is 3.53. The van der Waals surface area contributed by atoms with Crippen LogP contribution in [0.25, 0.3) is 0 Å². The summed E-state index contributed by atoms with van der Waals surface area (Å²) in [6, 6.07) is 3.51. The van der Waals surface area contributed by atoms with Crippen molar-refractivity contribution in [3.05, 3.63) is 39.4 Å². The number of hydrogen-bond acceptors (Lipinski definition) is 4. The standard InChI is InChI=1S/C8H5NO5/c10-4-5-2-1-3-6(9(13)14)7(5)8(11)12/h1-4H,(H,11,12). The van der Waals surface area contributed by atoms with E-state index < -0.39 is 22.1 Å². The minimum absolute atomic E-state index is 0.202. The van der Waals surface area contributed by atoms with Crippen LogP contribution in [-0.2, 0) is 0 Å². The van der Waals surface area contributed by atoms with Crippen molar-refractivity contribution in [2.24, 2.45) is 0 Å². The Morgan fingerprint density at radius 3 is 2.57 bits per heavy atom. The van der Waals surface area contributed by atoms with E-state index in [0.717, 1.165) is 6.07 Å². The number of nitro groups is 1. The molecular weight excluding hydrogens is 190 g/mol. The number of carboxylic acids is 1. The number of nitrogens with zero attached hydrogens (tertiary/aromatic N) is 1. The molecule has 14 heavy (non-hydrogen) atoms. The van der Waals surface area contributed by atoms with Crippen LogP contribution in [0.5, 0.6) is 0 Å². The Morgan fingerprint density at radius 1 is 1.50 bits per heavy atom. The smallest absolute Gasteiger partial charge is 0.343 e. The molecule has 0 fully saturated rings. The molecule has 72 valence electrons. The van der Waals surface area contributed by atoms with E-state index in [4.69, 9.17) is 5.11 Å². The molecule has 0 amide bonds. The minimum atomic E-state index is -1.49. The molecule has 1 N–H and O–H groups in total. The van der Waals surface area contributed by atoms with Crippen LogP contribution in [0, 0.1) is 10.1 Å². The van der Waals surface area contributed by atoms with Gasteiger partial charge in [-0.15, -0.1) is 0 Å². The molecule has 0 bridgehead atoms. The molecule has 0 unspecified atom stereocenters. The van der Waals surface area contributed by atoms with Crippen molar-refractivity contribution in [3.63, 3.8) is 0 Å². The Bertz CT molecular complexity index is 412. The van der Waals surface area contributed by atoms with Gasteiger partial charge in [-0.3, -0.25) is 14.9 Å². The first-order valence-corrected chi connectivity index (χ1v) is 3.53. The zero-order valence-electron chi connectivity index (χ0n) is 6.84. The van der Waals surface area contributed by atoms with Gasteiger partial charge in [-0.2, -0.15) is 0 Å². The van der Waals surface area contributed by atoms with Crippen molar-refractivity contribution >= 4 is 17.9 Å². The van der Waals surface area contributed by atoms with E-state index in [1.165, 1.54) is 12.1 Å². The largest absolute Gasteiger partial charge is 0.477 e. The molecule has 0 aliphatic heterocycles. The van der Waals surface area contributed by atoms with Crippen LogP contribution < -0.4 is 0 Å². The van der Waals surface area contributed by atoms with Gasteiger partial charge in [0.25, 0.3) is 5.69 Å². The van der Waals surface area contributed by atoms with Gasteiger partial charge >= 0.3 is 5.97 Å². The molecule has 1 rings (SSSR count). The van der Waals surface area contributed by atoms with Crippen LogP contribution in [0.1, 0.15) is 20.7 Å². The molecule has 0 aromatic heterocycles. The van der Waals surface area contributed by atoms with Gasteiger partial charge in [0.1, 0.15) is 5.56 Å². The van der Waals surface area contributed by atoms with Crippen LogP contribution in [-0.4, -0.2) is 22.3 Å². The van der Waals surface area contributed by atoms with E-state index in [1.54, 1.807) is 0 Å². The second kappa shape index (κ2) is 3.65. The third-order valence-electron chi connectivity index (χ3n) is 1.61. The third kappa shape index (κ3) is 1.58. The molecule has 1 aromatic carbocycles. The summed E-state index contributed by atoms with van der Waals surface area (Å²) in [5.74, 6) is -1.49. The monoisotopic (exact) mass is 195 g/mol. The minimum Gasteiger partial charge on any atom is -0.477 e. The van der Waals surface area contributed by atoms with Crippen molar-refractivity contribution in [3.8, 4) is 0 Å². The Labute approximate surface area is 77.9 Å². The summed E-state index contributed by atoms with van der Waals surface area (Å²) in [5, 5.41) is 19.1. The van der Waals surface area contributed by atoms with E-state index >= 15 is 0 Å². The second-order valence-corrected chi connectivity index (χ2v) is 2.42. The normalized spacial score (nSPS) is 9.43. The van der Waals surface area contributed by atoms with Gasteiger partial charge in [0.05, 0.1) is 4.92 Å². The van der Waals surface area contributed by atoms with Crippen molar-refractivity contribution in [2.45, 2.75) is 0 Å². The summed E-state index contributed by atoms with van der Waals surface area (Å²) in [5.41, 5.74) is -1.36. The average molecular weight is 195 g/mol. The summed E-state index contributed by atoms with van der Waals surface area (Å²) in [6.45, 7) is 0. The Morgan fingerprint density at radius 2 is 2.14 bits per heavy atom. The van der Waals surface area contributed by atoms with Gasteiger partial charge < -0.3 is 5.11 Å². The number of carbonyl (C=O) groups is 2. The lowest BCUT2D eigenvalue weighted by Crippen LogP contribution is -2.06. The fourth-order valence-electron chi connectivity index (χ4n) is 1.04. The summed E-state index contributed by atoms with van der Waals surface area (Å²) in [7, 11) is 0. The Kier molecular flexibility index (Phi) is 2.57. The topological polar surface area (TPSA) is 97.5 Å². The summed E-state index contributed by atoms with van der Waals surface area (Å²) >= 11 is 0. The average Bonchev–Trinajstić information content (AvgIpc) is 2.16. The highest BCUT2D eigenvalue weighted by Gasteiger charge is 2.22. The van der Waals surface area contributed by atoms with Gasteiger partial charge in [0.15, 0.2) is 6.29 Å². The lowest BCUT2D eigenvalue weighted by atomic mass is 10.1. The fourth-order valence-corrected chi connectivity index (χ4v) is 1.04. The SMILES string of the molecule is O=Cc1cccc([N+](=O)[O-])c1C(=O)O. The molecule has 1 aromatic rings. The maximum Gasteiger partial charge on any atom is 0.343 e. The van der Waals surface area contributed by atoms with E-state index in [2.05, 4.69) is 0 Å². The van der Waals surface area contributed by atoms with E-state index in [0.29, 0.717) is 0 Å². The number of carboxylic acid groups (broad SMARTS) is 1. The van der Waals surface area contributed by atoms with Crippen LogP contribution in [0.3, 0.4) is 0 Å². The second-order valence-electron chi connectivity index (χ2n) is 2.42. The summed E-state index contributed by atoms with van der Waals surface area (Å²) < 4.78 is 0. The lowest BCUT2D eigenvalue weighted by molar-refractivity contribution is -0.385. The maximum absolute atomic E-state index is 10.6. The molecule has 0 saturated heterocycles. The highest BCUT2D eigenvalue weighted by atomic mass is 16.6. The van der Waals surface area contributed by atoms with Crippen molar-refractivity contribution in [1.82, 2.24) is 0 Å². The van der Waals surface area contributed by atoms with E-state index in [9.17, 15) is 19.7 Å². The van der Waals surface area contributed by atoms with Gasteiger partial charge in [-0.05, 0) is 0 Å². The maximum atomic E-state index is 10.6. The third-order valence-corrected chi connectivity index (χ3v) is 1.61. The zero-order valence-corrected chi connectivity index (χ0v) is 6.84. The van der Waals surface area contributed by atoms with E-state index in [1.807, 2.05) is 0 Å². The quantitative estimate of drug-likeness (QED) is 0.442. The summed E-state index contributed by atoms with van der Waals surface area (Å²) in [4.78, 5) is 30.6. The van der Waals surface area contributed by atoms with Crippen molar-refractivity contribution in [1.29, 1.82) is 0 Å². The van der Waals surface area contributed by atoms with Crippen LogP contribution in [0.15, 0.2) is 18.2 Å². The lowest BCUT2D eigenvalue weighted by Gasteiger charge is -1.99. The number of benzene rings is 1. The summed E-state index contributed by atoms with van der Waals surface area (Å²) in [6.07, 6.45) is 0.274. The van der Waals surface area contributed by atoms with Crippen molar-refractivity contribution < 1.29 is 19.6 Å². The van der Waals surface area contributed by atoms with Gasteiger partial charge in [-0.25, -0.2) is 4.79 Å². The molecule has 0 radical (unpaired) electrons. The number of aromatic carboxylic acids is 1. The molecule has 0 heterocycles. The molecule has 6 nitrogen and oxygen atoms in total. The number of rotatable bonds is 3. The fraction of sp³-hybridized carbons (Fsp3) is 0. The van der Waals surface area contributed by atoms with E-state index in [-0.39, 0.29) is 11.8 Å². The molecule has 0 saturated carbocycles. The molecular formula is C8H5NO5. The number of carbonyl (C=O) groups excluding carboxylic acids is 1. The van der Waals surface area contributed by atoms with Gasteiger partial charge in [0, 0.05) is 11.6 Å². The number of aldehydes is 1. The highest BCUT2D eigenvalue weighted by Crippen LogP contribution is 2.20. The highest BCUT2D eigenvalue weighted by molar-refractivity contribution is 6.00.